The van der Waals surface area contributed by atoms with Crippen LogP contribution in [0.25, 0.3) is 5.69 Å². The first-order valence-electron chi connectivity index (χ1n) is 6.20. The van der Waals surface area contributed by atoms with Gasteiger partial charge in [-0.2, -0.15) is 5.10 Å². The van der Waals surface area contributed by atoms with Crippen molar-refractivity contribution in [3.05, 3.63) is 35.9 Å². The maximum atomic E-state index is 12.0. The summed E-state index contributed by atoms with van der Waals surface area (Å²) in [6.45, 7) is 3.88. The molecular formula is C13H15ClN4OS. The fourth-order valence-electron chi connectivity index (χ4n) is 1.62. The van der Waals surface area contributed by atoms with Crippen LogP contribution in [-0.2, 0) is 4.79 Å². The van der Waals surface area contributed by atoms with Crippen LogP contribution in [0.15, 0.2) is 30.7 Å². The number of hydrogen-bond donors (Lipinski definition) is 1. The standard InChI is InChI=1S/C13H15ClN4OS/c1-3-20-9(2)13(19)16-11-8-18(17-12(11)14)10-5-4-6-15-7-10/h4-9H,3H2,1-2H3,(H,16,19). The van der Waals surface area contributed by atoms with Gasteiger partial charge in [0.1, 0.15) is 0 Å². The van der Waals surface area contributed by atoms with Gasteiger partial charge < -0.3 is 5.32 Å². The lowest BCUT2D eigenvalue weighted by molar-refractivity contribution is -0.115. The van der Waals surface area contributed by atoms with Gasteiger partial charge in [-0.1, -0.05) is 18.5 Å². The number of nitrogens with zero attached hydrogens (tertiary/aromatic N) is 3. The monoisotopic (exact) mass is 310 g/mol. The molecule has 0 radical (unpaired) electrons. The first kappa shape index (κ1) is 14.9. The van der Waals surface area contributed by atoms with Crippen molar-refractivity contribution >= 4 is 35.0 Å². The highest BCUT2D eigenvalue weighted by atomic mass is 35.5. The van der Waals surface area contributed by atoms with Crippen LogP contribution in [0.1, 0.15) is 13.8 Å². The Hall–Kier alpha value is -1.53. The van der Waals surface area contributed by atoms with Gasteiger partial charge in [-0.15, -0.1) is 11.8 Å². The van der Waals surface area contributed by atoms with Crippen LogP contribution < -0.4 is 5.32 Å². The molecule has 2 heterocycles. The summed E-state index contributed by atoms with van der Waals surface area (Å²) in [4.78, 5) is 16.0. The Morgan fingerprint density at radius 3 is 3.05 bits per heavy atom. The number of amides is 1. The van der Waals surface area contributed by atoms with E-state index in [2.05, 4.69) is 15.4 Å². The topological polar surface area (TPSA) is 59.8 Å². The number of anilines is 1. The van der Waals surface area contributed by atoms with Crippen LogP contribution in [0.2, 0.25) is 5.15 Å². The van der Waals surface area contributed by atoms with Crippen LogP contribution in [0.3, 0.4) is 0 Å². The Morgan fingerprint density at radius 2 is 2.40 bits per heavy atom. The highest BCUT2D eigenvalue weighted by Crippen LogP contribution is 2.23. The third kappa shape index (κ3) is 3.52. The molecule has 0 fully saturated rings. The zero-order valence-corrected chi connectivity index (χ0v) is 12.8. The lowest BCUT2D eigenvalue weighted by Crippen LogP contribution is -2.22. The molecule has 2 aromatic rings. The van der Waals surface area contributed by atoms with Crippen LogP contribution in [0, 0.1) is 0 Å². The van der Waals surface area contributed by atoms with E-state index in [0.29, 0.717) is 5.69 Å². The van der Waals surface area contributed by atoms with Gasteiger partial charge in [-0.05, 0) is 24.8 Å². The summed E-state index contributed by atoms with van der Waals surface area (Å²) in [5.74, 6) is 0.807. The SMILES string of the molecule is CCSC(C)C(=O)Nc1cn(-c2cccnc2)nc1Cl. The number of nitrogens with one attached hydrogen (secondary N) is 1. The lowest BCUT2D eigenvalue weighted by Gasteiger charge is -2.09. The Morgan fingerprint density at radius 1 is 1.60 bits per heavy atom. The molecule has 0 aliphatic carbocycles. The molecular weight excluding hydrogens is 296 g/mol. The fraction of sp³-hybridized carbons (Fsp3) is 0.308. The van der Waals surface area contributed by atoms with Crippen molar-refractivity contribution in [3.8, 4) is 5.69 Å². The van der Waals surface area contributed by atoms with Crippen LogP contribution in [0.4, 0.5) is 5.69 Å². The molecule has 0 aliphatic heterocycles. The molecule has 0 aromatic carbocycles. The molecule has 0 bridgehead atoms. The average Bonchev–Trinajstić information content (AvgIpc) is 2.81. The van der Waals surface area contributed by atoms with E-state index in [1.54, 1.807) is 35.0 Å². The maximum Gasteiger partial charge on any atom is 0.237 e. The van der Waals surface area contributed by atoms with E-state index >= 15 is 0 Å². The molecule has 2 aromatic heterocycles. The van der Waals surface area contributed by atoms with Crippen molar-refractivity contribution in [1.29, 1.82) is 0 Å². The molecule has 0 spiro atoms. The summed E-state index contributed by atoms with van der Waals surface area (Å²) in [7, 11) is 0. The van der Waals surface area contributed by atoms with Crippen molar-refractivity contribution in [3.63, 3.8) is 0 Å². The number of rotatable bonds is 5. The summed E-state index contributed by atoms with van der Waals surface area (Å²) < 4.78 is 1.59. The second-order valence-electron chi connectivity index (χ2n) is 4.08. The van der Waals surface area contributed by atoms with E-state index in [9.17, 15) is 4.79 Å². The van der Waals surface area contributed by atoms with Crippen molar-refractivity contribution in [1.82, 2.24) is 14.8 Å². The molecule has 1 atom stereocenters. The molecule has 1 unspecified atom stereocenters. The normalized spacial score (nSPS) is 12.2. The van der Waals surface area contributed by atoms with Gasteiger partial charge in [0.2, 0.25) is 5.91 Å². The molecule has 2 rings (SSSR count). The highest BCUT2D eigenvalue weighted by molar-refractivity contribution is 8.00. The van der Waals surface area contributed by atoms with Gasteiger partial charge in [0.15, 0.2) is 5.15 Å². The molecule has 1 amide bonds. The Bertz CT molecular complexity index is 587. The zero-order chi connectivity index (χ0) is 14.5. The van der Waals surface area contributed by atoms with Crippen molar-refractivity contribution < 1.29 is 4.79 Å². The Kier molecular flexibility index (Phi) is 5.03. The number of halogens is 1. The molecule has 0 saturated heterocycles. The minimum atomic E-state index is -0.127. The van der Waals surface area contributed by atoms with Crippen molar-refractivity contribution in [2.24, 2.45) is 0 Å². The van der Waals surface area contributed by atoms with Crippen molar-refractivity contribution in [2.75, 3.05) is 11.1 Å². The summed E-state index contributed by atoms with van der Waals surface area (Å²) in [6, 6.07) is 3.67. The summed E-state index contributed by atoms with van der Waals surface area (Å²) in [5.41, 5.74) is 1.29. The molecule has 0 saturated carbocycles. The van der Waals surface area contributed by atoms with Crippen LogP contribution in [0.5, 0.6) is 0 Å². The second-order valence-corrected chi connectivity index (χ2v) is 6.05. The number of carbonyl (C=O) groups is 1. The van der Waals surface area contributed by atoms with Gasteiger partial charge >= 0.3 is 0 Å². The largest absolute Gasteiger partial charge is 0.321 e. The van der Waals surface area contributed by atoms with Crippen molar-refractivity contribution in [2.45, 2.75) is 19.1 Å². The summed E-state index contributed by atoms with van der Waals surface area (Å²) in [6.07, 6.45) is 5.03. The minimum absolute atomic E-state index is 0.0792. The maximum absolute atomic E-state index is 12.0. The van der Waals surface area contributed by atoms with Gasteiger partial charge in [0, 0.05) is 6.20 Å². The lowest BCUT2D eigenvalue weighted by atomic mass is 10.4. The zero-order valence-electron chi connectivity index (χ0n) is 11.2. The number of carbonyl (C=O) groups excluding carboxylic acids is 1. The van der Waals surface area contributed by atoms with E-state index in [1.165, 1.54) is 0 Å². The Labute approximate surface area is 126 Å². The minimum Gasteiger partial charge on any atom is -0.321 e. The predicted octanol–water partition coefficient (Wildman–Crippen LogP) is 3.00. The second kappa shape index (κ2) is 6.76. The Balaban J connectivity index is 2.14. The first-order valence-corrected chi connectivity index (χ1v) is 7.62. The van der Waals surface area contributed by atoms with Gasteiger partial charge in [-0.3, -0.25) is 9.78 Å². The van der Waals surface area contributed by atoms with Crippen LogP contribution >= 0.6 is 23.4 Å². The van der Waals surface area contributed by atoms with Crippen LogP contribution in [-0.4, -0.2) is 31.7 Å². The van der Waals surface area contributed by atoms with Gasteiger partial charge in [-0.25, -0.2) is 4.68 Å². The number of aromatic nitrogens is 3. The fourth-order valence-corrected chi connectivity index (χ4v) is 2.51. The third-order valence-electron chi connectivity index (χ3n) is 2.62. The molecule has 5 nitrogen and oxygen atoms in total. The number of thioether (sulfide) groups is 1. The average molecular weight is 311 g/mol. The van der Waals surface area contributed by atoms with Gasteiger partial charge in [0.05, 0.1) is 29.0 Å². The quantitative estimate of drug-likeness (QED) is 0.922. The predicted molar refractivity (Wildman–Crippen MR) is 82.6 cm³/mol. The van der Waals surface area contributed by atoms with E-state index < -0.39 is 0 Å². The third-order valence-corrected chi connectivity index (χ3v) is 3.95. The summed E-state index contributed by atoms with van der Waals surface area (Å²) in [5, 5.41) is 7.08. The van der Waals surface area contributed by atoms with E-state index in [0.717, 1.165) is 11.4 Å². The van der Waals surface area contributed by atoms with E-state index in [1.807, 2.05) is 26.0 Å². The van der Waals surface area contributed by atoms with Gasteiger partial charge in [0.25, 0.3) is 0 Å². The molecule has 1 N–H and O–H groups in total. The molecule has 20 heavy (non-hydrogen) atoms. The number of hydrogen-bond acceptors (Lipinski definition) is 4. The number of pyridine rings is 1. The van der Waals surface area contributed by atoms with E-state index in [4.69, 9.17) is 11.6 Å². The first-order chi connectivity index (χ1) is 9.61. The summed E-state index contributed by atoms with van der Waals surface area (Å²) >= 11 is 7.62. The molecule has 106 valence electrons. The molecule has 0 aliphatic rings. The van der Waals surface area contributed by atoms with E-state index in [-0.39, 0.29) is 16.3 Å². The smallest absolute Gasteiger partial charge is 0.237 e. The molecule has 7 heteroatoms. The highest BCUT2D eigenvalue weighted by Gasteiger charge is 2.16.